The Morgan fingerprint density at radius 1 is 0.920 bits per heavy atom. The SMILES string of the molecule is C[C@@H](c1ccc(F)cc1)N1CCc2c(C(=O)NC(Cc3cc(F)cc(F)c3)[C@H](O)CNC3(c4cccc(C(F)(F)F)c4)CC3)cccc2C1=O. The van der Waals surface area contributed by atoms with E-state index in [0.717, 1.165) is 29.8 Å². The molecule has 262 valence electrons. The molecule has 6 rings (SSSR count). The van der Waals surface area contributed by atoms with Crippen molar-refractivity contribution in [1.82, 2.24) is 15.5 Å². The van der Waals surface area contributed by atoms with Crippen LogP contribution in [-0.4, -0.2) is 47.1 Å². The summed E-state index contributed by atoms with van der Waals surface area (Å²) < 4.78 is 82.0. The van der Waals surface area contributed by atoms with Crippen LogP contribution in [-0.2, 0) is 24.6 Å². The molecule has 0 saturated heterocycles. The van der Waals surface area contributed by atoms with Crippen LogP contribution >= 0.6 is 0 Å². The highest BCUT2D eigenvalue weighted by Crippen LogP contribution is 2.46. The lowest BCUT2D eigenvalue weighted by molar-refractivity contribution is -0.137. The summed E-state index contributed by atoms with van der Waals surface area (Å²) in [5.41, 5.74) is 0.748. The fourth-order valence-corrected chi connectivity index (χ4v) is 6.69. The summed E-state index contributed by atoms with van der Waals surface area (Å²) in [5.74, 6) is -2.99. The molecule has 1 fully saturated rings. The highest BCUT2D eigenvalue weighted by molar-refractivity contribution is 6.03. The van der Waals surface area contributed by atoms with E-state index in [0.29, 0.717) is 42.0 Å². The number of rotatable bonds is 11. The molecule has 6 nitrogen and oxygen atoms in total. The molecule has 0 aromatic heterocycles. The summed E-state index contributed by atoms with van der Waals surface area (Å²) in [7, 11) is 0. The first-order chi connectivity index (χ1) is 23.7. The molecule has 3 atom stereocenters. The van der Waals surface area contributed by atoms with Crippen LogP contribution in [0.15, 0.2) is 84.9 Å². The number of hydrogen-bond donors (Lipinski definition) is 3. The predicted octanol–water partition coefficient (Wildman–Crippen LogP) is 6.86. The quantitative estimate of drug-likeness (QED) is 0.150. The van der Waals surface area contributed by atoms with Gasteiger partial charge in [-0.05, 0) is 103 Å². The second-order valence-corrected chi connectivity index (χ2v) is 13.0. The fourth-order valence-electron chi connectivity index (χ4n) is 6.69. The lowest BCUT2D eigenvalue weighted by atomic mass is 9.91. The van der Waals surface area contributed by atoms with Crippen LogP contribution in [0.2, 0.25) is 0 Å². The van der Waals surface area contributed by atoms with Gasteiger partial charge in [0.2, 0.25) is 0 Å². The Morgan fingerprint density at radius 3 is 2.26 bits per heavy atom. The van der Waals surface area contributed by atoms with Crippen LogP contribution in [0.3, 0.4) is 0 Å². The van der Waals surface area contributed by atoms with Crippen molar-refractivity contribution in [2.45, 2.75) is 62.5 Å². The highest BCUT2D eigenvalue weighted by Gasteiger charge is 2.45. The van der Waals surface area contributed by atoms with Crippen molar-refractivity contribution in [2.24, 2.45) is 0 Å². The number of benzene rings is 4. The van der Waals surface area contributed by atoms with Crippen molar-refractivity contribution in [3.05, 3.63) is 141 Å². The third-order valence-corrected chi connectivity index (χ3v) is 9.64. The highest BCUT2D eigenvalue weighted by atomic mass is 19.4. The van der Waals surface area contributed by atoms with E-state index in [1.165, 1.54) is 18.2 Å². The summed E-state index contributed by atoms with van der Waals surface area (Å²) in [5, 5.41) is 17.4. The topological polar surface area (TPSA) is 81.7 Å². The van der Waals surface area contributed by atoms with Crippen LogP contribution < -0.4 is 10.6 Å². The first-order valence-corrected chi connectivity index (χ1v) is 16.3. The average Bonchev–Trinajstić information content (AvgIpc) is 3.87. The van der Waals surface area contributed by atoms with Gasteiger partial charge in [-0.25, -0.2) is 13.2 Å². The maximum absolute atomic E-state index is 14.1. The van der Waals surface area contributed by atoms with Gasteiger partial charge in [0.05, 0.1) is 23.8 Å². The van der Waals surface area contributed by atoms with Gasteiger partial charge in [0.25, 0.3) is 11.8 Å². The Kier molecular flexibility index (Phi) is 9.78. The van der Waals surface area contributed by atoms with Gasteiger partial charge in [-0.2, -0.15) is 13.2 Å². The molecule has 12 heteroatoms. The first kappa shape index (κ1) is 35.2. The molecule has 3 N–H and O–H groups in total. The third kappa shape index (κ3) is 7.56. The van der Waals surface area contributed by atoms with E-state index in [2.05, 4.69) is 10.6 Å². The van der Waals surface area contributed by atoms with Crippen molar-refractivity contribution in [3.63, 3.8) is 0 Å². The van der Waals surface area contributed by atoms with Gasteiger partial charge in [0, 0.05) is 35.8 Å². The average molecular weight is 696 g/mol. The normalized spacial score (nSPS) is 17.1. The number of carbonyl (C=O) groups excluding carboxylic acids is 2. The summed E-state index contributed by atoms with van der Waals surface area (Å²) in [6, 6.07) is 17.0. The number of fused-ring (bicyclic) bond motifs is 1. The first-order valence-electron chi connectivity index (χ1n) is 16.3. The monoisotopic (exact) mass is 695 g/mol. The van der Waals surface area contributed by atoms with E-state index in [4.69, 9.17) is 0 Å². The summed E-state index contributed by atoms with van der Waals surface area (Å²) >= 11 is 0. The van der Waals surface area contributed by atoms with Crippen molar-refractivity contribution < 1.29 is 41.0 Å². The van der Waals surface area contributed by atoms with Gasteiger partial charge >= 0.3 is 6.18 Å². The smallest absolute Gasteiger partial charge is 0.390 e. The molecule has 1 heterocycles. The van der Waals surface area contributed by atoms with Gasteiger partial charge in [-0.1, -0.05) is 30.3 Å². The summed E-state index contributed by atoms with van der Waals surface area (Å²) in [6.45, 7) is 1.96. The van der Waals surface area contributed by atoms with Crippen molar-refractivity contribution in [2.75, 3.05) is 13.1 Å². The molecule has 1 unspecified atom stereocenters. The molecule has 50 heavy (non-hydrogen) atoms. The minimum Gasteiger partial charge on any atom is -0.390 e. The molecule has 4 aromatic carbocycles. The van der Waals surface area contributed by atoms with Crippen LogP contribution in [0.1, 0.15) is 74.3 Å². The van der Waals surface area contributed by atoms with E-state index in [1.807, 2.05) is 6.92 Å². The Labute approximate surface area is 285 Å². The predicted molar refractivity (Wildman–Crippen MR) is 174 cm³/mol. The number of aliphatic hydroxyl groups is 1. The van der Waals surface area contributed by atoms with Crippen molar-refractivity contribution in [3.8, 4) is 0 Å². The molecular formula is C38H35F6N3O3. The van der Waals surface area contributed by atoms with E-state index < -0.39 is 52.8 Å². The second-order valence-electron chi connectivity index (χ2n) is 13.0. The van der Waals surface area contributed by atoms with Crippen LogP contribution in [0.25, 0.3) is 0 Å². The van der Waals surface area contributed by atoms with E-state index in [-0.39, 0.29) is 42.6 Å². The Bertz CT molecular complexity index is 1870. The largest absolute Gasteiger partial charge is 0.416 e. The van der Waals surface area contributed by atoms with Crippen molar-refractivity contribution in [1.29, 1.82) is 0 Å². The standard InChI is InChI=1S/C38H35F6N3O3/c1-22(24-8-10-27(39)11-9-24)47-15-12-30-31(6-3-7-32(30)36(47)50)35(49)46-33(18-23-16-28(40)20-29(41)17-23)34(48)21-45-37(13-14-37)25-4-2-5-26(19-25)38(42,43)44/h2-11,16-17,19-20,22,33-34,45,48H,12-15,18,21H2,1H3,(H,46,49)/t22-,33?,34+/m0/s1. The van der Waals surface area contributed by atoms with Gasteiger partial charge in [-0.3, -0.25) is 9.59 Å². The number of alkyl halides is 3. The fraction of sp³-hybridized carbons (Fsp3) is 0.316. The number of halogens is 6. The van der Waals surface area contributed by atoms with Crippen LogP contribution in [0.5, 0.6) is 0 Å². The zero-order valence-corrected chi connectivity index (χ0v) is 27.0. The number of hydrogen-bond acceptors (Lipinski definition) is 4. The number of nitrogens with one attached hydrogen (secondary N) is 2. The molecular weight excluding hydrogens is 660 g/mol. The van der Waals surface area contributed by atoms with Gasteiger partial charge in [-0.15, -0.1) is 0 Å². The maximum atomic E-state index is 14.1. The molecule has 0 radical (unpaired) electrons. The van der Waals surface area contributed by atoms with Gasteiger partial charge < -0.3 is 20.6 Å². The van der Waals surface area contributed by atoms with Crippen molar-refractivity contribution >= 4 is 11.8 Å². The molecule has 2 amide bonds. The van der Waals surface area contributed by atoms with E-state index in [1.54, 1.807) is 41.3 Å². The Morgan fingerprint density at radius 2 is 1.60 bits per heavy atom. The third-order valence-electron chi connectivity index (χ3n) is 9.64. The lowest BCUT2D eigenvalue weighted by Crippen LogP contribution is -2.50. The van der Waals surface area contributed by atoms with Crippen LogP contribution in [0, 0.1) is 17.5 Å². The number of amides is 2. The molecule has 0 bridgehead atoms. The van der Waals surface area contributed by atoms with Gasteiger partial charge in [0.1, 0.15) is 17.5 Å². The second kappa shape index (κ2) is 13.9. The molecule has 1 saturated carbocycles. The maximum Gasteiger partial charge on any atom is 0.416 e. The van der Waals surface area contributed by atoms with Gasteiger partial charge in [0.15, 0.2) is 0 Å². The zero-order chi connectivity index (χ0) is 35.8. The molecule has 0 spiro atoms. The molecule has 2 aliphatic rings. The number of carbonyl (C=O) groups is 2. The van der Waals surface area contributed by atoms with E-state index >= 15 is 0 Å². The molecule has 1 aliphatic heterocycles. The number of aliphatic hydroxyl groups excluding tert-OH is 1. The summed E-state index contributed by atoms with van der Waals surface area (Å²) in [4.78, 5) is 29.1. The Hall–Kier alpha value is -4.68. The Balaban J connectivity index is 1.22. The van der Waals surface area contributed by atoms with E-state index in [9.17, 15) is 41.0 Å². The summed E-state index contributed by atoms with van der Waals surface area (Å²) in [6.07, 6.45) is -4.65. The molecule has 1 aliphatic carbocycles. The number of nitrogens with zero attached hydrogens (tertiary/aromatic N) is 1. The zero-order valence-electron chi connectivity index (χ0n) is 27.0. The molecule has 4 aromatic rings. The lowest BCUT2D eigenvalue weighted by Gasteiger charge is -2.35. The van der Waals surface area contributed by atoms with Crippen LogP contribution in [0.4, 0.5) is 26.3 Å². The minimum absolute atomic E-state index is 0.152. The minimum atomic E-state index is -4.53.